The third kappa shape index (κ3) is 3.51. The lowest BCUT2D eigenvalue weighted by molar-refractivity contribution is -0.116. The van der Waals surface area contributed by atoms with Crippen molar-refractivity contribution in [1.82, 2.24) is 5.32 Å². The minimum absolute atomic E-state index is 0.0590. The number of benzene rings is 1. The van der Waals surface area contributed by atoms with E-state index in [1.54, 1.807) is 32.6 Å². The van der Waals surface area contributed by atoms with Gasteiger partial charge < -0.3 is 14.8 Å². The van der Waals surface area contributed by atoms with Gasteiger partial charge in [0.05, 0.1) is 26.2 Å². The topological polar surface area (TPSA) is 72.3 Å². The van der Waals surface area contributed by atoms with Gasteiger partial charge in [0, 0.05) is 10.0 Å². The summed E-state index contributed by atoms with van der Waals surface area (Å²) in [4.78, 5) is 11.0. The normalized spacial score (nSPS) is 16.8. The fraction of sp³-hybridized carbons (Fsp3) is 0.250. The van der Waals surface area contributed by atoms with E-state index in [2.05, 4.69) is 31.4 Å². The quantitative estimate of drug-likeness (QED) is 0.660. The van der Waals surface area contributed by atoms with Gasteiger partial charge in [0.1, 0.15) is 0 Å². The lowest BCUT2D eigenvalue weighted by Gasteiger charge is -2.09. The van der Waals surface area contributed by atoms with Gasteiger partial charge in [0.15, 0.2) is 16.7 Å². The van der Waals surface area contributed by atoms with Crippen LogP contribution in [0.4, 0.5) is 0 Å². The van der Waals surface area contributed by atoms with E-state index in [1.807, 2.05) is 0 Å². The van der Waals surface area contributed by atoms with E-state index in [-0.39, 0.29) is 5.91 Å². The molecule has 6 nitrogen and oxygen atoms in total. The maximum atomic E-state index is 11.0. The molecule has 0 bridgehead atoms. The first-order valence-corrected chi connectivity index (χ1v) is 7.37. The molecule has 0 atom stereocenters. The molecule has 0 aliphatic carbocycles. The molecule has 1 aliphatic rings. The maximum absolute atomic E-state index is 11.0. The highest BCUT2D eigenvalue weighted by atomic mass is 79.9. The first-order valence-electron chi connectivity index (χ1n) is 5.59. The van der Waals surface area contributed by atoms with E-state index in [0.717, 1.165) is 10.0 Å². The van der Waals surface area contributed by atoms with Crippen LogP contribution < -0.4 is 14.8 Å². The van der Waals surface area contributed by atoms with Crippen molar-refractivity contribution >= 4 is 45.0 Å². The zero-order chi connectivity index (χ0) is 14.5. The molecule has 1 aromatic carbocycles. The van der Waals surface area contributed by atoms with Gasteiger partial charge in [-0.3, -0.25) is 4.79 Å². The van der Waals surface area contributed by atoms with E-state index in [1.165, 1.54) is 11.8 Å². The molecule has 1 aliphatic heterocycles. The molecule has 8 heteroatoms. The second kappa shape index (κ2) is 6.76. The Labute approximate surface area is 128 Å². The molecule has 1 saturated heterocycles. The van der Waals surface area contributed by atoms with Gasteiger partial charge in [0.25, 0.3) is 0 Å². The molecule has 0 unspecified atom stereocenters. The SMILES string of the molecule is COc1cc(Br)c(/C=N\N=C2/NC(=O)CS2)cc1OC. The predicted molar refractivity (Wildman–Crippen MR) is 82.9 cm³/mol. The van der Waals surface area contributed by atoms with E-state index >= 15 is 0 Å². The van der Waals surface area contributed by atoms with E-state index in [4.69, 9.17) is 9.47 Å². The number of nitrogens with one attached hydrogen (secondary N) is 1. The molecule has 0 saturated carbocycles. The van der Waals surface area contributed by atoms with Crippen molar-refractivity contribution < 1.29 is 14.3 Å². The number of amides is 1. The number of carbonyl (C=O) groups is 1. The standard InChI is InChI=1S/C12H12BrN3O3S/c1-18-9-3-7(8(13)4-10(9)19-2)5-14-16-12-15-11(17)6-20-12/h3-5H,6H2,1-2H3,(H,15,16,17)/b14-5-. The van der Waals surface area contributed by atoms with E-state index in [0.29, 0.717) is 22.4 Å². The smallest absolute Gasteiger partial charge is 0.236 e. The van der Waals surface area contributed by atoms with Gasteiger partial charge in [-0.25, -0.2) is 0 Å². The molecular formula is C12H12BrN3O3S. The molecule has 0 aromatic heterocycles. The first kappa shape index (κ1) is 14.9. The van der Waals surface area contributed by atoms with Crippen molar-refractivity contribution in [1.29, 1.82) is 0 Å². The molecule has 1 fully saturated rings. The van der Waals surface area contributed by atoms with Crippen LogP contribution in [0.25, 0.3) is 0 Å². The largest absolute Gasteiger partial charge is 0.493 e. The minimum Gasteiger partial charge on any atom is -0.493 e. The van der Waals surface area contributed by atoms with Crippen LogP contribution in [0.5, 0.6) is 11.5 Å². The molecule has 1 amide bonds. The third-order valence-corrected chi connectivity index (χ3v) is 3.99. The lowest BCUT2D eigenvalue weighted by Crippen LogP contribution is -2.19. The summed E-state index contributed by atoms with van der Waals surface area (Å²) in [6.07, 6.45) is 1.57. The Morgan fingerprint density at radius 2 is 2.05 bits per heavy atom. The van der Waals surface area contributed by atoms with Crippen molar-refractivity contribution in [3.63, 3.8) is 0 Å². The highest BCUT2D eigenvalue weighted by molar-refractivity contribution is 9.10. The van der Waals surface area contributed by atoms with Crippen molar-refractivity contribution in [2.24, 2.45) is 10.2 Å². The third-order valence-electron chi connectivity index (χ3n) is 2.43. The number of carbonyl (C=O) groups excluding carboxylic acids is 1. The first-order chi connectivity index (χ1) is 9.63. The molecule has 1 aromatic rings. The molecule has 106 valence electrons. The molecule has 1 heterocycles. The van der Waals surface area contributed by atoms with E-state index < -0.39 is 0 Å². The van der Waals surface area contributed by atoms with Gasteiger partial charge in [-0.1, -0.05) is 11.8 Å². The fourth-order valence-electron chi connectivity index (χ4n) is 1.49. The minimum atomic E-state index is -0.0590. The summed E-state index contributed by atoms with van der Waals surface area (Å²) in [6, 6.07) is 3.58. The lowest BCUT2D eigenvalue weighted by atomic mass is 10.2. The fourth-order valence-corrected chi connectivity index (χ4v) is 2.55. The highest BCUT2D eigenvalue weighted by Gasteiger charge is 2.16. The summed E-state index contributed by atoms with van der Waals surface area (Å²) in [6.45, 7) is 0. The molecule has 1 N–H and O–H groups in total. The second-order valence-electron chi connectivity index (χ2n) is 3.72. The number of halogens is 1. The van der Waals surface area contributed by atoms with Gasteiger partial charge in [0.2, 0.25) is 5.91 Å². The van der Waals surface area contributed by atoms with Crippen LogP contribution in [-0.2, 0) is 4.79 Å². The van der Waals surface area contributed by atoms with Crippen molar-refractivity contribution in [3.05, 3.63) is 22.2 Å². The second-order valence-corrected chi connectivity index (χ2v) is 5.53. The molecule has 20 heavy (non-hydrogen) atoms. The molecule has 0 radical (unpaired) electrons. The predicted octanol–water partition coefficient (Wildman–Crippen LogP) is 2.02. The number of thioether (sulfide) groups is 1. The number of ether oxygens (including phenoxy) is 2. The van der Waals surface area contributed by atoms with Crippen molar-refractivity contribution in [2.45, 2.75) is 0 Å². The zero-order valence-electron chi connectivity index (χ0n) is 10.8. The number of rotatable bonds is 4. The van der Waals surface area contributed by atoms with Crippen LogP contribution in [-0.4, -0.2) is 37.3 Å². The Morgan fingerprint density at radius 3 is 2.65 bits per heavy atom. The van der Waals surface area contributed by atoms with Crippen molar-refractivity contribution in [2.75, 3.05) is 20.0 Å². The van der Waals surface area contributed by atoms with Crippen LogP contribution in [0, 0.1) is 0 Å². The number of methoxy groups -OCH3 is 2. The summed E-state index contributed by atoms with van der Waals surface area (Å²) in [5.41, 5.74) is 0.793. The summed E-state index contributed by atoms with van der Waals surface area (Å²) >= 11 is 4.75. The summed E-state index contributed by atoms with van der Waals surface area (Å²) in [5, 5.41) is 11.0. The molecular weight excluding hydrogens is 346 g/mol. The maximum Gasteiger partial charge on any atom is 0.236 e. The number of hydrogen-bond acceptors (Lipinski definition) is 6. The Bertz CT molecular complexity index is 590. The number of nitrogens with zero attached hydrogens (tertiary/aromatic N) is 2. The Morgan fingerprint density at radius 1 is 1.35 bits per heavy atom. The zero-order valence-corrected chi connectivity index (χ0v) is 13.2. The number of amidine groups is 1. The van der Waals surface area contributed by atoms with Crippen LogP contribution >= 0.6 is 27.7 Å². The van der Waals surface area contributed by atoms with Crippen LogP contribution in [0.15, 0.2) is 26.8 Å². The Balaban J connectivity index is 2.18. The average molecular weight is 358 g/mol. The molecule has 2 rings (SSSR count). The Hall–Kier alpha value is -1.54. The van der Waals surface area contributed by atoms with Crippen LogP contribution in [0.2, 0.25) is 0 Å². The van der Waals surface area contributed by atoms with Gasteiger partial charge >= 0.3 is 0 Å². The van der Waals surface area contributed by atoms with Crippen molar-refractivity contribution in [3.8, 4) is 11.5 Å². The monoisotopic (exact) mass is 357 g/mol. The Kier molecular flexibility index (Phi) is 5.02. The highest BCUT2D eigenvalue weighted by Crippen LogP contribution is 2.32. The van der Waals surface area contributed by atoms with Gasteiger partial charge in [-0.15, -0.1) is 5.10 Å². The van der Waals surface area contributed by atoms with E-state index in [9.17, 15) is 4.79 Å². The van der Waals surface area contributed by atoms with Crippen LogP contribution in [0.3, 0.4) is 0 Å². The number of hydrogen-bond donors (Lipinski definition) is 1. The average Bonchev–Trinajstić information content (AvgIpc) is 2.85. The summed E-state index contributed by atoms with van der Waals surface area (Å²) < 4.78 is 11.2. The summed E-state index contributed by atoms with van der Waals surface area (Å²) in [7, 11) is 3.14. The van der Waals surface area contributed by atoms with Crippen LogP contribution in [0.1, 0.15) is 5.56 Å². The van der Waals surface area contributed by atoms with Gasteiger partial charge in [-0.2, -0.15) is 5.10 Å². The van der Waals surface area contributed by atoms with Gasteiger partial charge in [-0.05, 0) is 28.1 Å². The molecule has 0 spiro atoms. The summed E-state index contributed by atoms with van der Waals surface area (Å²) in [5.74, 6) is 1.56.